The summed E-state index contributed by atoms with van der Waals surface area (Å²) < 4.78 is 34.2. The van der Waals surface area contributed by atoms with Gasteiger partial charge in [0.25, 0.3) is 15.9 Å². The van der Waals surface area contributed by atoms with E-state index in [4.69, 9.17) is 4.74 Å². The summed E-state index contributed by atoms with van der Waals surface area (Å²) in [5.41, 5.74) is 4.18. The van der Waals surface area contributed by atoms with E-state index in [-0.39, 0.29) is 10.6 Å². The first-order valence-corrected chi connectivity index (χ1v) is 12.1. The van der Waals surface area contributed by atoms with Crippen LogP contribution in [0.1, 0.15) is 12.5 Å². The van der Waals surface area contributed by atoms with Gasteiger partial charge in [0, 0.05) is 3.57 Å². The van der Waals surface area contributed by atoms with Crippen LogP contribution in [0.2, 0.25) is 0 Å². The molecule has 3 rings (SSSR count). The molecule has 0 spiro atoms. The Morgan fingerprint density at radius 2 is 1.72 bits per heavy atom. The highest BCUT2D eigenvalue weighted by Gasteiger charge is 2.29. The number of para-hydroxylation sites is 2. The smallest absolute Gasteiger partial charge is 0.264 e. The van der Waals surface area contributed by atoms with Crippen LogP contribution in [0.15, 0.2) is 88.9 Å². The van der Waals surface area contributed by atoms with Crippen molar-refractivity contribution in [3.63, 3.8) is 0 Å². The van der Waals surface area contributed by atoms with Gasteiger partial charge in [-0.2, -0.15) is 5.10 Å². The third-order valence-electron chi connectivity index (χ3n) is 4.56. The van der Waals surface area contributed by atoms with Gasteiger partial charge in [-0.05, 0) is 71.5 Å². The van der Waals surface area contributed by atoms with Crippen LogP contribution in [-0.4, -0.2) is 33.7 Å². The second kappa shape index (κ2) is 10.6. The first kappa shape index (κ1) is 23.7. The molecule has 0 saturated heterocycles. The summed E-state index contributed by atoms with van der Waals surface area (Å²) in [5, 5.41) is 4.14. The lowest BCUT2D eigenvalue weighted by atomic mass is 10.1. The van der Waals surface area contributed by atoms with Crippen molar-refractivity contribution >= 4 is 49.9 Å². The number of rotatable bonds is 8. The Labute approximate surface area is 201 Å². The van der Waals surface area contributed by atoms with Crippen LogP contribution in [0.5, 0.6) is 5.75 Å². The molecule has 0 aromatic heterocycles. The van der Waals surface area contributed by atoms with Gasteiger partial charge in [0.1, 0.15) is 12.3 Å². The first-order chi connectivity index (χ1) is 15.3. The lowest BCUT2D eigenvalue weighted by Gasteiger charge is -2.25. The molecule has 0 aliphatic rings. The number of amides is 1. The number of halogens is 1. The third-order valence-corrected chi connectivity index (χ3v) is 7.01. The van der Waals surface area contributed by atoms with Gasteiger partial charge in [-0.15, -0.1) is 0 Å². The minimum atomic E-state index is -4.04. The van der Waals surface area contributed by atoms with Crippen molar-refractivity contribution in [1.29, 1.82) is 0 Å². The Morgan fingerprint density at radius 1 is 1.03 bits per heavy atom. The molecule has 0 aliphatic heterocycles. The standard InChI is InChI=1S/C23H22IN3O4S/c1-17(18-9-8-10-19(24)15-18)25-26-23(28)16-27(21-13-6-7-14-22(21)31-2)32(29,30)20-11-4-3-5-12-20/h3-15H,16H2,1-2H3,(H,26,28)/b25-17-. The number of carbonyl (C=O) groups excluding carboxylic acids is 1. The molecule has 0 aliphatic carbocycles. The molecular formula is C23H22IN3O4S. The second-order valence-electron chi connectivity index (χ2n) is 6.74. The predicted octanol–water partition coefficient (Wildman–Crippen LogP) is 4.04. The fraction of sp³-hybridized carbons (Fsp3) is 0.130. The molecule has 3 aromatic rings. The van der Waals surface area contributed by atoms with Crippen molar-refractivity contribution in [2.45, 2.75) is 11.8 Å². The number of methoxy groups -OCH3 is 1. The molecular weight excluding hydrogens is 541 g/mol. The summed E-state index contributed by atoms with van der Waals surface area (Å²) >= 11 is 2.20. The number of sulfonamides is 1. The van der Waals surface area contributed by atoms with Crippen molar-refractivity contribution in [1.82, 2.24) is 5.43 Å². The van der Waals surface area contributed by atoms with E-state index >= 15 is 0 Å². The molecule has 3 aromatic carbocycles. The Morgan fingerprint density at radius 3 is 2.41 bits per heavy atom. The summed E-state index contributed by atoms with van der Waals surface area (Å²) in [6.45, 7) is 1.30. The van der Waals surface area contributed by atoms with Gasteiger partial charge < -0.3 is 4.74 Å². The normalized spacial score (nSPS) is 11.7. The van der Waals surface area contributed by atoms with E-state index in [1.54, 1.807) is 49.4 Å². The van der Waals surface area contributed by atoms with E-state index in [1.165, 1.54) is 19.2 Å². The third kappa shape index (κ3) is 5.65. The van der Waals surface area contributed by atoms with Gasteiger partial charge in [0.2, 0.25) is 0 Å². The van der Waals surface area contributed by atoms with Crippen molar-refractivity contribution in [3.8, 4) is 5.75 Å². The van der Waals surface area contributed by atoms with Gasteiger partial charge in [-0.25, -0.2) is 13.8 Å². The van der Waals surface area contributed by atoms with Gasteiger partial charge in [-0.1, -0.05) is 42.5 Å². The topological polar surface area (TPSA) is 88.1 Å². The molecule has 0 atom stereocenters. The Balaban J connectivity index is 1.91. The maximum absolute atomic E-state index is 13.4. The van der Waals surface area contributed by atoms with Gasteiger partial charge in [-0.3, -0.25) is 9.10 Å². The Bertz CT molecular complexity index is 1230. The monoisotopic (exact) mass is 563 g/mol. The maximum Gasteiger partial charge on any atom is 0.264 e. The van der Waals surface area contributed by atoms with Gasteiger partial charge in [0.15, 0.2) is 0 Å². The summed E-state index contributed by atoms with van der Waals surface area (Å²) in [4.78, 5) is 12.8. The fourth-order valence-corrected chi connectivity index (χ4v) is 4.94. The molecule has 32 heavy (non-hydrogen) atoms. The van der Waals surface area contributed by atoms with Gasteiger partial charge >= 0.3 is 0 Å². The number of benzene rings is 3. The zero-order valence-corrected chi connectivity index (χ0v) is 20.5. The molecule has 9 heteroatoms. The average Bonchev–Trinajstić information content (AvgIpc) is 2.81. The molecule has 7 nitrogen and oxygen atoms in total. The van der Waals surface area contributed by atoms with E-state index in [2.05, 4.69) is 33.1 Å². The van der Waals surface area contributed by atoms with Gasteiger partial charge in [0.05, 0.1) is 23.4 Å². The number of carbonyl (C=O) groups is 1. The average molecular weight is 563 g/mol. The fourth-order valence-electron chi connectivity index (χ4n) is 2.95. The highest BCUT2D eigenvalue weighted by atomic mass is 127. The van der Waals surface area contributed by atoms with Crippen molar-refractivity contribution in [2.75, 3.05) is 18.0 Å². The van der Waals surface area contributed by atoms with E-state index < -0.39 is 22.5 Å². The quantitative estimate of drug-likeness (QED) is 0.255. The Kier molecular flexibility index (Phi) is 7.86. The number of hydrogen-bond acceptors (Lipinski definition) is 5. The number of nitrogens with one attached hydrogen (secondary N) is 1. The van der Waals surface area contributed by atoms with Crippen LogP contribution in [0.25, 0.3) is 0 Å². The number of hydrogen-bond donors (Lipinski definition) is 1. The lowest BCUT2D eigenvalue weighted by molar-refractivity contribution is -0.119. The van der Waals surface area contributed by atoms with E-state index in [9.17, 15) is 13.2 Å². The SMILES string of the molecule is COc1ccccc1N(CC(=O)N/N=C(/C)c1cccc(I)c1)S(=O)(=O)c1ccccc1. The highest BCUT2D eigenvalue weighted by Crippen LogP contribution is 2.32. The molecule has 1 N–H and O–H groups in total. The Hall–Kier alpha value is -2.92. The van der Waals surface area contributed by atoms with Crippen LogP contribution in [-0.2, 0) is 14.8 Å². The molecule has 0 saturated carbocycles. The number of nitrogens with zero attached hydrogens (tertiary/aromatic N) is 2. The predicted molar refractivity (Wildman–Crippen MR) is 133 cm³/mol. The highest BCUT2D eigenvalue weighted by molar-refractivity contribution is 14.1. The molecule has 1 amide bonds. The lowest BCUT2D eigenvalue weighted by Crippen LogP contribution is -2.40. The summed E-state index contributed by atoms with van der Waals surface area (Å²) in [6.07, 6.45) is 0. The zero-order chi connectivity index (χ0) is 23.1. The maximum atomic E-state index is 13.4. The number of ether oxygens (including phenoxy) is 1. The van der Waals surface area contributed by atoms with E-state index in [0.29, 0.717) is 11.5 Å². The van der Waals surface area contributed by atoms with Crippen LogP contribution in [0, 0.1) is 3.57 Å². The zero-order valence-electron chi connectivity index (χ0n) is 17.5. The minimum Gasteiger partial charge on any atom is -0.495 e. The van der Waals surface area contributed by atoms with Crippen LogP contribution < -0.4 is 14.5 Å². The van der Waals surface area contributed by atoms with Crippen molar-refractivity contribution < 1.29 is 17.9 Å². The first-order valence-electron chi connectivity index (χ1n) is 9.63. The van der Waals surface area contributed by atoms with E-state index in [1.807, 2.05) is 24.3 Å². The molecule has 0 unspecified atom stereocenters. The van der Waals surface area contributed by atoms with Crippen LogP contribution in [0.3, 0.4) is 0 Å². The second-order valence-corrected chi connectivity index (χ2v) is 9.85. The van der Waals surface area contributed by atoms with Crippen molar-refractivity contribution in [2.24, 2.45) is 5.10 Å². The summed E-state index contributed by atoms with van der Waals surface area (Å²) in [5.74, 6) is -0.251. The summed E-state index contributed by atoms with van der Waals surface area (Å²) in [7, 11) is -2.59. The van der Waals surface area contributed by atoms with Crippen LogP contribution in [0.4, 0.5) is 5.69 Å². The molecule has 0 bridgehead atoms. The molecule has 0 fully saturated rings. The molecule has 0 radical (unpaired) electrons. The number of hydrazone groups is 1. The van der Waals surface area contributed by atoms with Crippen LogP contribution >= 0.6 is 22.6 Å². The summed E-state index contributed by atoms with van der Waals surface area (Å²) in [6, 6.07) is 22.3. The van der Waals surface area contributed by atoms with E-state index in [0.717, 1.165) is 13.4 Å². The largest absolute Gasteiger partial charge is 0.495 e. The molecule has 166 valence electrons. The number of anilines is 1. The molecule has 0 heterocycles. The minimum absolute atomic E-state index is 0.0669. The van der Waals surface area contributed by atoms with Crippen molar-refractivity contribution in [3.05, 3.63) is 88.0 Å².